The lowest BCUT2D eigenvalue weighted by molar-refractivity contribution is 0.660. The Kier molecular flexibility index (Phi) is 6.80. The molecule has 0 amide bonds. The third-order valence-corrected chi connectivity index (χ3v) is 10.6. The number of fused-ring (bicyclic) bond motifs is 6. The molecule has 1 aliphatic rings. The summed E-state index contributed by atoms with van der Waals surface area (Å²) in [5.41, 5.74) is 14.4. The van der Waals surface area contributed by atoms with E-state index in [1.807, 2.05) is 48.5 Å². The van der Waals surface area contributed by atoms with Crippen LogP contribution in [-0.4, -0.2) is 15.0 Å². The lowest BCUT2D eigenvalue weighted by Crippen LogP contribution is -2.14. The summed E-state index contributed by atoms with van der Waals surface area (Å²) in [6, 6.07) is 57.2. The zero-order chi connectivity index (χ0) is 34.8. The smallest absolute Gasteiger partial charge is 0.164 e. The Bertz CT molecular complexity index is 2800. The first-order valence-electron chi connectivity index (χ1n) is 17.7. The van der Waals surface area contributed by atoms with E-state index in [9.17, 15) is 0 Å². The molecule has 0 saturated carbocycles. The Balaban J connectivity index is 1.07. The summed E-state index contributed by atoms with van der Waals surface area (Å²) in [7, 11) is 0. The predicted octanol–water partition coefficient (Wildman–Crippen LogP) is 12.4. The van der Waals surface area contributed by atoms with Crippen molar-refractivity contribution in [2.45, 2.75) is 19.3 Å². The van der Waals surface area contributed by atoms with Gasteiger partial charge in [0.1, 0.15) is 11.2 Å². The fraction of sp³-hybridized carbons (Fsp3) is 0.0625. The van der Waals surface area contributed by atoms with Crippen molar-refractivity contribution in [1.29, 1.82) is 0 Å². The zero-order valence-corrected chi connectivity index (χ0v) is 28.8. The molecule has 0 spiro atoms. The van der Waals surface area contributed by atoms with Gasteiger partial charge in [0.25, 0.3) is 0 Å². The molecule has 0 aliphatic heterocycles. The number of hydrogen-bond donors (Lipinski definition) is 0. The Hall–Kier alpha value is -6.65. The molecule has 0 bridgehead atoms. The molecule has 0 unspecified atom stereocenters. The van der Waals surface area contributed by atoms with E-state index in [0.29, 0.717) is 17.5 Å². The van der Waals surface area contributed by atoms with Crippen molar-refractivity contribution >= 4 is 21.9 Å². The van der Waals surface area contributed by atoms with Crippen LogP contribution in [0.4, 0.5) is 0 Å². The van der Waals surface area contributed by atoms with Gasteiger partial charge >= 0.3 is 0 Å². The summed E-state index contributed by atoms with van der Waals surface area (Å²) < 4.78 is 6.52. The molecule has 52 heavy (non-hydrogen) atoms. The van der Waals surface area contributed by atoms with E-state index in [0.717, 1.165) is 49.8 Å². The third-order valence-electron chi connectivity index (χ3n) is 10.6. The van der Waals surface area contributed by atoms with E-state index >= 15 is 0 Å². The first kappa shape index (κ1) is 30.2. The van der Waals surface area contributed by atoms with Crippen molar-refractivity contribution in [2.75, 3.05) is 0 Å². The fourth-order valence-electron chi connectivity index (χ4n) is 7.87. The van der Waals surface area contributed by atoms with Crippen LogP contribution in [0.2, 0.25) is 0 Å². The zero-order valence-electron chi connectivity index (χ0n) is 28.8. The van der Waals surface area contributed by atoms with Crippen LogP contribution in [0.5, 0.6) is 0 Å². The molecule has 10 rings (SSSR count). The van der Waals surface area contributed by atoms with Crippen LogP contribution in [-0.2, 0) is 5.41 Å². The number of nitrogens with zero attached hydrogens (tertiary/aromatic N) is 3. The molecule has 0 fully saturated rings. The summed E-state index contributed by atoms with van der Waals surface area (Å²) in [5.74, 6) is 1.88. The normalized spacial score (nSPS) is 13.0. The van der Waals surface area contributed by atoms with Gasteiger partial charge in [-0.3, -0.25) is 0 Å². The van der Waals surface area contributed by atoms with Crippen LogP contribution in [0, 0.1) is 0 Å². The quantitative estimate of drug-likeness (QED) is 0.183. The second-order valence-electron chi connectivity index (χ2n) is 14.0. The van der Waals surface area contributed by atoms with E-state index < -0.39 is 0 Å². The molecule has 0 N–H and O–H groups in total. The summed E-state index contributed by atoms with van der Waals surface area (Å²) in [4.78, 5) is 15.0. The van der Waals surface area contributed by atoms with Gasteiger partial charge in [-0.25, -0.2) is 15.0 Å². The minimum Gasteiger partial charge on any atom is -0.456 e. The van der Waals surface area contributed by atoms with E-state index in [2.05, 4.69) is 129 Å². The molecule has 4 nitrogen and oxygen atoms in total. The van der Waals surface area contributed by atoms with Gasteiger partial charge in [0.15, 0.2) is 17.5 Å². The van der Waals surface area contributed by atoms with Crippen molar-refractivity contribution in [3.63, 3.8) is 0 Å². The summed E-state index contributed by atoms with van der Waals surface area (Å²) >= 11 is 0. The molecule has 2 aromatic heterocycles. The summed E-state index contributed by atoms with van der Waals surface area (Å²) in [5, 5.41) is 2.09. The van der Waals surface area contributed by atoms with Crippen LogP contribution >= 0.6 is 0 Å². The van der Waals surface area contributed by atoms with Crippen molar-refractivity contribution in [3.8, 4) is 67.5 Å². The SMILES string of the molecule is CC1(C)c2ccccc2-c2c(-c3ccc4c(c3)oc3ccc(-c5nc(-c6ccccc6)nc(-c6ccc(-c7ccccc7)cc6)n5)cc34)cccc21. The predicted molar refractivity (Wildman–Crippen MR) is 212 cm³/mol. The lowest BCUT2D eigenvalue weighted by atomic mass is 9.82. The van der Waals surface area contributed by atoms with E-state index in [1.54, 1.807) is 0 Å². The van der Waals surface area contributed by atoms with Gasteiger partial charge in [-0.2, -0.15) is 0 Å². The Morgan fingerprint density at radius 3 is 1.67 bits per heavy atom. The highest BCUT2D eigenvalue weighted by molar-refractivity contribution is 6.07. The highest BCUT2D eigenvalue weighted by atomic mass is 16.3. The van der Waals surface area contributed by atoms with Crippen LogP contribution in [0.15, 0.2) is 168 Å². The second kappa shape index (κ2) is 11.7. The molecule has 0 radical (unpaired) electrons. The largest absolute Gasteiger partial charge is 0.456 e. The molecule has 0 atom stereocenters. The van der Waals surface area contributed by atoms with Crippen molar-refractivity contribution in [3.05, 3.63) is 175 Å². The Labute approximate surface area is 302 Å². The highest BCUT2D eigenvalue weighted by Gasteiger charge is 2.36. The molecular formula is C48H33N3O. The monoisotopic (exact) mass is 667 g/mol. The average Bonchev–Trinajstić information content (AvgIpc) is 3.69. The molecule has 1 aliphatic carbocycles. The van der Waals surface area contributed by atoms with Crippen LogP contribution < -0.4 is 0 Å². The number of hydrogen-bond acceptors (Lipinski definition) is 4. The molecule has 0 saturated heterocycles. The molecule has 9 aromatic rings. The van der Waals surface area contributed by atoms with Gasteiger partial charge in [-0.05, 0) is 74.8 Å². The molecule has 2 heterocycles. The molecular weight excluding hydrogens is 635 g/mol. The highest BCUT2D eigenvalue weighted by Crippen LogP contribution is 2.52. The Morgan fingerprint density at radius 2 is 0.923 bits per heavy atom. The topological polar surface area (TPSA) is 51.8 Å². The van der Waals surface area contributed by atoms with Crippen molar-refractivity contribution < 1.29 is 4.42 Å². The maximum atomic E-state index is 6.52. The fourth-order valence-corrected chi connectivity index (χ4v) is 7.87. The van der Waals surface area contributed by atoms with E-state index in [1.165, 1.54) is 33.4 Å². The summed E-state index contributed by atoms with van der Waals surface area (Å²) in [6.07, 6.45) is 0. The van der Waals surface area contributed by atoms with Crippen molar-refractivity contribution in [2.24, 2.45) is 0 Å². The standard InChI is InChI=1S/C48H33N3O/c1-48(2)40-18-10-9-16-38(40)44-36(17-11-19-41(44)48)34-24-26-37-39-28-35(25-27-42(39)52-43(37)29-34)47-50-45(32-14-7-4-8-15-32)49-46(51-47)33-22-20-31(21-23-33)30-12-5-3-6-13-30/h3-29H,1-2H3. The van der Waals surface area contributed by atoms with Gasteiger partial charge in [0.05, 0.1) is 0 Å². The van der Waals surface area contributed by atoms with Gasteiger partial charge in [0, 0.05) is 32.9 Å². The number of furan rings is 1. The van der Waals surface area contributed by atoms with Crippen LogP contribution in [0.3, 0.4) is 0 Å². The second-order valence-corrected chi connectivity index (χ2v) is 14.0. The van der Waals surface area contributed by atoms with E-state index in [4.69, 9.17) is 19.4 Å². The summed E-state index contributed by atoms with van der Waals surface area (Å²) in [6.45, 7) is 4.64. The van der Waals surface area contributed by atoms with Crippen LogP contribution in [0.25, 0.3) is 89.5 Å². The average molecular weight is 668 g/mol. The van der Waals surface area contributed by atoms with Gasteiger partial charge < -0.3 is 4.42 Å². The Morgan fingerprint density at radius 1 is 0.385 bits per heavy atom. The maximum absolute atomic E-state index is 6.52. The van der Waals surface area contributed by atoms with Crippen LogP contribution in [0.1, 0.15) is 25.0 Å². The van der Waals surface area contributed by atoms with Gasteiger partial charge in [-0.1, -0.05) is 147 Å². The van der Waals surface area contributed by atoms with Gasteiger partial charge in [0.2, 0.25) is 0 Å². The minimum atomic E-state index is -0.0529. The first-order chi connectivity index (χ1) is 25.5. The molecule has 246 valence electrons. The number of rotatable bonds is 5. The third kappa shape index (κ3) is 4.87. The van der Waals surface area contributed by atoms with Crippen molar-refractivity contribution in [1.82, 2.24) is 15.0 Å². The van der Waals surface area contributed by atoms with Gasteiger partial charge in [-0.15, -0.1) is 0 Å². The lowest BCUT2D eigenvalue weighted by Gasteiger charge is -2.21. The molecule has 4 heteroatoms. The van der Waals surface area contributed by atoms with E-state index in [-0.39, 0.29) is 5.41 Å². The number of benzene rings is 7. The molecule has 7 aromatic carbocycles. The first-order valence-corrected chi connectivity index (χ1v) is 17.7. The number of aromatic nitrogens is 3. The minimum absolute atomic E-state index is 0.0529. The maximum Gasteiger partial charge on any atom is 0.164 e.